The first-order chi connectivity index (χ1) is 7.25. The first-order valence-corrected chi connectivity index (χ1v) is 6.39. The molecule has 2 rings (SSSR count). The van der Waals surface area contributed by atoms with Gasteiger partial charge in [-0.05, 0) is 5.92 Å². The van der Waals surface area contributed by atoms with Gasteiger partial charge in [0.05, 0.1) is 23.9 Å². The van der Waals surface area contributed by atoms with Gasteiger partial charge in [0.2, 0.25) is 0 Å². The fraction of sp³-hybridized carbons (Fsp3) is 0.727. The predicted octanol–water partition coefficient (Wildman–Crippen LogP) is 1.80. The molecule has 15 heavy (non-hydrogen) atoms. The van der Waals surface area contributed by atoms with Gasteiger partial charge in [-0.3, -0.25) is 0 Å². The third-order valence-electron chi connectivity index (χ3n) is 2.58. The van der Waals surface area contributed by atoms with Gasteiger partial charge in [0.25, 0.3) is 0 Å². The lowest BCUT2D eigenvalue weighted by atomic mass is 10.1. The quantitative estimate of drug-likeness (QED) is 0.853. The van der Waals surface area contributed by atoms with Crippen molar-refractivity contribution in [2.75, 3.05) is 19.8 Å². The van der Waals surface area contributed by atoms with Crippen molar-refractivity contribution < 1.29 is 4.74 Å². The standard InChI is InChI=1S/C11H18N2OS/c1-8(2)10-7-15-11(13-10)5-9-6-14-4-3-12-9/h7-9,12H,3-6H2,1-2H3. The summed E-state index contributed by atoms with van der Waals surface area (Å²) in [4.78, 5) is 4.63. The second-order valence-corrected chi connectivity index (χ2v) is 5.19. The van der Waals surface area contributed by atoms with Crippen LogP contribution >= 0.6 is 11.3 Å². The van der Waals surface area contributed by atoms with E-state index in [1.54, 1.807) is 11.3 Å². The van der Waals surface area contributed by atoms with Crippen LogP contribution in [0.5, 0.6) is 0 Å². The highest BCUT2D eigenvalue weighted by Crippen LogP contribution is 2.19. The van der Waals surface area contributed by atoms with Crippen molar-refractivity contribution in [2.24, 2.45) is 0 Å². The molecule has 0 saturated carbocycles. The Bertz CT molecular complexity index is 305. The summed E-state index contributed by atoms with van der Waals surface area (Å²) in [5.74, 6) is 0.533. The van der Waals surface area contributed by atoms with Crippen LogP contribution in [0.25, 0.3) is 0 Å². The van der Waals surface area contributed by atoms with Crippen molar-refractivity contribution in [1.82, 2.24) is 10.3 Å². The smallest absolute Gasteiger partial charge is 0.0944 e. The minimum atomic E-state index is 0.449. The zero-order valence-electron chi connectivity index (χ0n) is 9.32. The number of hydrogen-bond acceptors (Lipinski definition) is 4. The van der Waals surface area contributed by atoms with E-state index in [1.165, 1.54) is 10.7 Å². The Labute approximate surface area is 94.9 Å². The maximum Gasteiger partial charge on any atom is 0.0944 e. The average molecular weight is 226 g/mol. The summed E-state index contributed by atoms with van der Waals surface area (Å²) in [5, 5.41) is 6.84. The number of rotatable bonds is 3. The van der Waals surface area contributed by atoms with Gasteiger partial charge in [0.1, 0.15) is 0 Å². The zero-order chi connectivity index (χ0) is 10.7. The lowest BCUT2D eigenvalue weighted by Crippen LogP contribution is -2.42. The number of thiazole rings is 1. The second-order valence-electron chi connectivity index (χ2n) is 4.25. The van der Waals surface area contributed by atoms with Crippen LogP contribution in [0, 0.1) is 0 Å². The van der Waals surface area contributed by atoms with E-state index in [4.69, 9.17) is 4.74 Å². The maximum absolute atomic E-state index is 5.42. The van der Waals surface area contributed by atoms with E-state index in [0.29, 0.717) is 12.0 Å². The van der Waals surface area contributed by atoms with Crippen LogP contribution in [0.4, 0.5) is 0 Å². The molecule has 84 valence electrons. The van der Waals surface area contributed by atoms with Gasteiger partial charge in [0, 0.05) is 24.4 Å². The molecule has 1 atom stereocenters. The van der Waals surface area contributed by atoms with Crippen LogP contribution in [-0.2, 0) is 11.2 Å². The predicted molar refractivity (Wildman–Crippen MR) is 62.5 cm³/mol. The molecule has 2 heterocycles. The molecule has 4 heteroatoms. The number of morpholine rings is 1. The summed E-state index contributed by atoms with van der Waals surface area (Å²) in [6.07, 6.45) is 0.997. The van der Waals surface area contributed by atoms with Crippen LogP contribution < -0.4 is 5.32 Å². The molecule has 0 amide bonds. The van der Waals surface area contributed by atoms with Crippen LogP contribution in [0.3, 0.4) is 0 Å². The van der Waals surface area contributed by atoms with E-state index in [0.717, 1.165) is 26.2 Å². The summed E-state index contributed by atoms with van der Waals surface area (Å²) < 4.78 is 5.42. The third-order valence-corrected chi connectivity index (χ3v) is 3.47. The van der Waals surface area contributed by atoms with Gasteiger partial charge in [0.15, 0.2) is 0 Å². The van der Waals surface area contributed by atoms with E-state index in [9.17, 15) is 0 Å². The van der Waals surface area contributed by atoms with Crippen molar-refractivity contribution in [3.05, 3.63) is 16.1 Å². The number of aromatic nitrogens is 1. The van der Waals surface area contributed by atoms with Gasteiger partial charge >= 0.3 is 0 Å². The van der Waals surface area contributed by atoms with Gasteiger partial charge < -0.3 is 10.1 Å². The molecule has 1 fully saturated rings. The number of ether oxygens (including phenoxy) is 1. The summed E-state index contributed by atoms with van der Waals surface area (Å²) in [6.45, 7) is 6.98. The Balaban J connectivity index is 1.91. The van der Waals surface area contributed by atoms with E-state index in [2.05, 4.69) is 29.5 Å². The number of nitrogens with one attached hydrogen (secondary N) is 1. The zero-order valence-corrected chi connectivity index (χ0v) is 10.1. The minimum Gasteiger partial charge on any atom is -0.379 e. The summed E-state index contributed by atoms with van der Waals surface area (Å²) in [6, 6.07) is 0.449. The van der Waals surface area contributed by atoms with Crippen LogP contribution in [0.15, 0.2) is 5.38 Å². The number of nitrogens with zero attached hydrogens (tertiary/aromatic N) is 1. The van der Waals surface area contributed by atoms with E-state index in [-0.39, 0.29) is 0 Å². The molecule has 1 saturated heterocycles. The Morgan fingerprint density at radius 1 is 1.67 bits per heavy atom. The normalized spacial score (nSPS) is 22.2. The SMILES string of the molecule is CC(C)c1csc(CC2COCCN2)n1. The fourth-order valence-corrected chi connectivity index (χ4v) is 2.68. The second kappa shape index (κ2) is 5.05. The van der Waals surface area contributed by atoms with Crippen LogP contribution in [0.2, 0.25) is 0 Å². The highest BCUT2D eigenvalue weighted by Gasteiger charge is 2.15. The largest absolute Gasteiger partial charge is 0.379 e. The molecule has 0 radical (unpaired) electrons. The van der Waals surface area contributed by atoms with Crippen molar-refractivity contribution >= 4 is 11.3 Å². The van der Waals surface area contributed by atoms with Crippen molar-refractivity contribution in [2.45, 2.75) is 32.2 Å². The average Bonchev–Trinajstić information content (AvgIpc) is 2.68. The Kier molecular flexibility index (Phi) is 3.72. The molecule has 1 aliphatic heterocycles. The highest BCUT2D eigenvalue weighted by atomic mass is 32.1. The molecular formula is C11H18N2OS. The third kappa shape index (κ3) is 3.00. The molecule has 1 N–H and O–H groups in total. The van der Waals surface area contributed by atoms with Crippen molar-refractivity contribution in [3.8, 4) is 0 Å². The Morgan fingerprint density at radius 3 is 3.13 bits per heavy atom. The van der Waals surface area contributed by atoms with Crippen molar-refractivity contribution in [1.29, 1.82) is 0 Å². The molecule has 1 aliphatic rings. The first-order valence-electron chi connectivity index (χ1n) is 5.51. The van der Waals surface area contributed by atoms with Crippen LogP contribution in [-0.4, -0.2) is 30.8 Å². The molecule has 1 aromatic heterocycles. The van der Waals surface area contributed by atoms with Gasteiger partial charge in [-0.1, -0.05) is 13.8 Å². The van der Waals surface area contributed by atoms with Gasteiger partial charge in [-0.25, -0.2) is 4.98 Å². The monoisotopic (exact) mass is 226 g/mol. The molecule has 1 unspecified atom stereocenters. The molecule has 0 bridgehead atoms. The van der Waals surface area contributed by atoms with E-state index < -0.39 is 0 Å². The molecule has 3 nitrogen and oxygen atoms in total. The minimum absolute atomic E-state index is 0.449. The van der Waals surface area contributed by atoms with Gasteiger partial charge in [-0.2, -0.15) is 0 Å². The molecule has 0 aliphatic carbocycles. The first kappa shape index (κ1) is 11.0. The summed E-state index contributed by atoms with van der Waals surface area (Å²) >= 11 is 1.76. The Hall–Kier alpha value is -0.450. The summed E-state index contributed by atoms with van der Waals surface area (Å²) in [7, 11) is 0. The van der Waals surface area contributed by atoms with Gasteiger partial charge in [-0.15, -0.1) is 11.3 Å². The summed E-state index contributed by atoms with van der Waals surface area (Å²) in [5.41, 5.74) is 1.21. The highest BCUT2D eigenvalue weighted by molar-refractivity contribution is 7.09. The lowest BCUT2D eigenvalue weighted by Gasteiger charge is -2.22. The molecular weight excluding hydrogens is 208 g/mol. The maximum atomic E-state index is 5.42. The molecule has 0 aromatic carbocycles. The molecule has 0 spiro atoms. The number of hydrogen-bond donors (Lipinski definition) is 1. The van der Waals surface area contributed by atoms with E-state index >= 15 is 0 Å². The Morgan fingerprint density at radius 2 is 2.53 bits per heavy atom. The molecule has 1 aromatic rings. The topological polar surface area (TPSA) is 34.1 Å². The fourth-order valence-electron chi connectivity index (χ4n) is 1.65. The van der Waals surface area contributed by atoms with E-state index in [1.807, 2.05) is 0 Å². The van der Waals surface area contributed by atoms with Crippen molar-refractivity contribution in [3.63, 3.8) is 0 Å². The lowest BCUT2D eigenvalue weighted by molar-refractivity contribution is 0.0770. The van der Waals surface area contributed by atoms with Crippen LogP contribution in [0.1, 0.15) is 30.5 Å².